The fraction of sp³-hybridized carbons (Fsp3) is 0.621. The maximum atomic E-state index is 12.4. The van der Waals surface area contributed by atoms with E-state index in [2.05, 4.69) is 34.5 Å². The van der Waals surface area contributed by atoms with Gasteiger partial charge in [-0.3, -0.25) is 14.7 Å². The highest BCUT2D eigenvalue weighted by Gasteiger charge is 2.39. The number of fused-ring (bicyclic) bond motifs is 1. The van der Waals surface area contributed by atoms with E-state index in [1.807, 2.05) is 0 Å². The lowest BCUT2D eigenvalue weighted by molar-refractivity contribution is -0.143. The summed E-state index contributed by atoms with van der Waals surface area (Å²) in [5, 5.41) is 13.6. The topological polar surface area (TPSA) is 87.6 Å². The number of anilines is 1. The van der Waals surface area contributed by atoms with Gasteiger partial charge in [-0.1, -0.05) is 12.1 Å². The van der Waals surface area contributed by atoms with Crippen molar-refractivity contribution in [2.45, 2.75) is 88.2 Å². The molecule has 192 valence electrons. The van der Waals surface area contributed by atoms with Crippen LogP contribution in [-0.4, -0.2) is 58.3 Å². The van der Waals surface area contributed by atoms with Crippen LogP contribution in [0.4, 0.5) is 5.82 Å². The van der Waals surface area contributed by atoms with Gasteiger partial charge in [0.05, 0.1) is 6.10 Å². The van der Waals surface area contributed by atoms with E-state index in [0.717, 1.165) is 86.5 Å². The van der Waals surface area contributed by atoms with Gasteiger partial charge in [0.15, 0.2) is 0 Å². The van der Waals surface area contributed by atoms with Crippen LogP contribution in [0.3, 0.4) is 0 Å². The third-order valence-corrected chi connectivity index (χ3v) is 8.14. The van der Waals surface area contributed by atoms with Crippen molar-refractivity contribution in [3.05, 3.63) is 52.5 Å². The largest absolute Gasteiger partial charge is 0.480 e. The number of nitrogens with one attached hydrogen (secondary N) is 1. The van der Waals surface area contributed by atoms with Crippen LogP contribution in [0.2, 0.25) is 0 Å². The molecule has 1 saturated heterocycles. The summed E-state index contributed by atoms with van der Waals surface area (Å²) in [6.45, 7) is 3.15. The number of carboxylic acid groups (broad SMARTS) is 1. The second kappa shape index (κ2) is 10.5. The molecule has 0 amide bonds. The SMILES string of the molecule is O=C(O)[C@@H](c1ccc(C2CC2)nc1C1CC1)N1CC[C@@H](OCCCCc2ccc3c(n2)NCCC3)C1. The summed E-state index contributed by atoms with van der Waals surface area (Å²) in [5.41, 5.74) is 5.59. The standard InChI is InChI=1S/C29H38N4O3/c34-29(35)27(24-12-13-25(19-6-7-19)32-26(24)20-8-9-20)33-16-14-23(18-33)36-17-2-1-5-22-11-10-21-4-3-15-30-28(21)31-22/h10-13,19-20,23,27H,1-9,14-18H2,(H,30,31)(H,34,35)/t23-,27-/m1/s1. The summed E-state index contributed by atoms with van der Waals surface area (Å²) >= 11 is 0. The number of aliphatic carboxylic acids is 1. The lowest BCUT2D eigenvalue weighted by Crippen LogP contribution is -2.34. The first-order chi connectivity index (χ1) is 17.7. The molecule has 2 atom stereocenters. The van der Waals surface area contributed by atoms with Gasteiger partial charge in [0.2, 0.25) is 0 Å². The van der Waals surface area contributed by atoms with E-state index < -0.39 is 12.0 Å². The van der Waals surface area contributed by atoms with Crippen molar-refractivity contribution in [3.63, 3.8) is 0 Å². The predicted octanol–water partition coefficient (Wildman–Crippen LogP) is 4.83. The van der Waals surface area contributed by atoms with E-state index in [-0.39, 0.29) is 6.10 Å². The molecule has 2 aliphatic carbocycles. The molecule has 7 nitrogen and oxygen atoms in total. The molecule has 7 heteroatoms. The number of carbonyl (C=O) groups is 1. The van der Waals surface area contributed by atoms with Crippen molar-refractivity contribution in [2.75, 3.05) is 31.6 Å². The quantitative estimate of drug-likeness (QED) is 0.436. The minimum Gasteiger partial charge on any atom is -0.480 e. The Balaban J connectivity index is 1.00. The number of ether oxygens (including phenoxy) is 1. The monoisotopic (exact) mass is 490 g/mol. The number of aromatic nitrogens is 2. The van der Waals surface area contributed by atoms with Crippen LogP contribution in [0.25, 0.3) is 0 Å². The van der Waals surface area contributed by atoms with Gasteiger partial charge in [0, 0.05) is 60.7 Å². The number of aryl methyl sites for hydroxylation is 2. The predicted molar refractivity (Wildman–Crippen MR) is 138 cm³/mol. The molecular formula is C29H38N4O3. The van der Waals surface area contributed by atoms with Crippen molar-refractivity contribution in [1.29, 1.82) is 0 Å². The Morgan fingerprint density at radius 3 is 2.75 bits per heavy atom. The van der Waals surface area contributed by atoms with Crippen LogP contribution in [0.5, 0.6) is 0 Å². The third-order valence-electron chi connectivity index (χ3n) is 8.14. The number of carboxylic acids is 1. The summed E-state index contributed by atoms with van der Waals surface area (Å²) in [4.78, 5) is 24.3. The molecule has 2 aromatic rings. The maximum Gasteiger partial charge on any atom is 0.325 e. The van der Waals surface area contributed by atoms with Crippen molar-refractivity contribution < 1.29 is 14.6 Å². The summed E-state index contributed by atoms with van der Waals surface area (Å²) in [6, 6.07) is 7.89. The maximum absolute atomic E-state index is 12.4. The van der Waals surface area contributed by atoms with Crippen molar-refractivity contribution in [3.8, 4) is 0 Å². The molecule has 2 saturated carbocycles. The number of rotatable bonds is 11. The Kier molecular flexibility index (Phi) is 6.94. The minimum atomic E-state index is -0.773. The number of nitrogens with zero attached hydrogens (tertiary/aromatic N) is 3. The first-order valence-electron chi connectivity index (χ1n) is 14.0. The van der Waals surface area contributed by atoms with Gasteiger partial charge >= 0.3 is 5.97 Å². The van der Waals surface area contributed by atoms with Gasteiger partial charge in [0.25, 0.3) is 0 Å². The summed E-state index contributed by atoms with van der Waals surface area (Å²) in [5.74, 6) is 1.32. The van der Waals surface area contributed by atoms with E-state index in [1.54, 1.807) is 0 Å². The van der Waals surface area contributed by atoms with Crippen LogP contribution in [-0.2, 0) is 22.4 Å². The molecule has 36 heavy (non-hydrogen) atoms. The molecule has 2 N–H and O–H groups in total. The summed E-state index contributed by atoms with van der Waals surface area (Å²) in [7, 11) is 0. The molecule has 0 radical (unpaired) electrons. The van der Waals surface area contributed by atoms with Crippen molar-refractivity contribution in [2.24, 2.45) is 0 Å². The number of likely N-dealkylation sites (tertiary alicyclic amines) is 1. The molecule has 6 rings (SSSR count). The molecule has 3 fully saturated rings. The lowest BCUT2D eigenvalue weighted by atomic mass is 9.99. The second-order valence-electron chi connectivity index (χ2n) is 11.1. The number of pyridine rings is 2. The third kappa shape index (κ3) is 5.42. The van der Waals surface area contributed by atoms with Gasteiger partial charge < -0.3 is 15.2 Å². The highest BCUT2D eigenvalue weighted by Crippen LogP contribution is 2.46. The molecule has 4 heterocycles. The van der Waals surface area contributed by atoms with Gasteiger partial charge in [-0.15, -0.1) is 0 Å². The fourth-order valence-corrected chi connectivity index (χ4v) is 5.80. The van der Waals surface area contributed by atoms with Crippen LogP contribution in [0.15, 0.2) is 24.3 Å². The first kappa shape index (κ1) is 23.9. The summed E-state index contributed by atoms with van der Waals surface area (Å²) < 4.78 is 6.19. The van der Waals surface area contributed by atoms with E-state index in [4.69, 9.17) is 14.7 Å². The number of unbranched alkanes of at least 4 members (excludes halogenated alkanes) is 1. The van der Waals surface area contributed by atoms with Crippen molar-refractivity contribution >= 4 is 11.8 Å². The number of hydrogen-bond acceptors (Lipinski definition) is 6. The molecule has 0 spiro atoms. The first-order valence-corrected chi connectivity index (χ1v) is 14.0. The van der Waals surface area contributed by atoms with Crippen LogP contribution < -0.4 is 5.32 Å². The minimum absolute atomic E-state index is 0.0981. The zero-order chi connectivity index (χ0) is 24.5. The van der Waals surface area contributed by atoms with Gasteiger partial charge in [0.1, 0.15) is 11.9 Å². The van der Waals surface area contributed by atoms with E-state index in [0.29, 0.717) is 25.0 Å². The zero-order valence-corrected chi connectivity index (χ0v) is 21.1. The molecule has 0 bridgehead atoms. The zero-order valence-electron chi connectivity index (χ0n) is 21.1. The Labute approximate surface area is 213 Å². The average Bonchev–Trinajstić information content (AvgIpc) is 3.82. The Morgan fingerprint density at radius 1 is 1.08 bits per heavy atom. The van der Waals surface area contributed by atoms with Crippen molar-refractivity contribution in [1.82, 2.24) is 14.9 Å². The highest BCUT2D eigenvalue weighted by molar-refractivity contribution is 5.76. The van der Waals surface area contributed by atoms with Gasteiger partial charge in [-0.25, -0.2) is 4.98 Å². The van der Waals surface area contributed by atoms with Crippen LogP contribution in [0, 0.1) is 0 Å². The fourth-order valence-electron chi connectivity index (χ4n) is 5.80. The Bertz CT molecular complexity index is 1100. The van der Waals surface area contributed by atoms with E-state index in [9.17, 15) is 9.90 Å². The molecule has 0 aromatic carbocycles. The molecule has 0 unspecified atom stereocenters. The van der Waals surface area contributed by atoms with Gasteiger partial charge in [-0.2, -0.15) is 0 Å². The smallest absolute Gasteiger partial charge is 0.325 e. The summed E-state index contributed by atoms with van der Waals surface area (Å²) in [6.07, 6.45) is 11.0. The van der Waals surface area contributed by atoms with Gasteiger partial charge in [-0.05, 0) is 81.9 Å². The van der Waals surface area contributed by atoms with Crippen LogP contribution in [0.1, 0.15) is 97.5 Å². The highest BCUT2D eigenvalue weighted by atomic mass is 16.5. The molecular weight excluding hydrogens is 452 g/mol. The Morgan fingerprint density at radius 2 is 1.94 bits per heavy atom. The molecule has 2 aromatic heterocycles. The lowest BCUT2D eigenvalue weighted by Gasteiger charge is -2.26. The second-order valence-corrected chi connectivity index (χ2v) is 11.1. The van der Waals surface area contributed by atoms with E-state index in [1.165, 1.54) is 24.8 Å². The Hall–Kier alpha value is -2.51. The van der Waals surface area contributed by atoms with Crippen LogP contribution >= 0.6 is 0 Å². The number of hydrogen-bond donors (Lipinski definition) is 2. The molecule has 2 aliphatic heterocycles. The average molecular weight is 491 g/mol. The molecule has 4 aliphatic rings. The van der Waals surface area contributed by atoms with E-state index >= 15 is 0 Å². The normalized spacial score (nSPS) is 22.7.